The van der Waals surface area contributed by atoms with Crippen molar-refractivity contribution in [1.29, 1.82) is 0 Å². The van der Waals surface area contributed by atoms with Crippen molar-refractivity contribution in [2.24, 2.45) is 11.8 Å². The third-order valence-electron chi connectivity index (χ3n) is 5.57. The zero-order chi connectivity index (χ0) is 15.2. The molecule has 0 aromatic carbocycles. The molecule has 4 nitrogen and oxygen atoms in total. The molecule has 2 atom stereocenters. The van der Waals surface area contributed by atoms with Crippen LogP contribution in [0.15, 0.2) is 0 Å². The third-order valence-corrected chi connectivity index (χ3v) is 5.57. The summed E-state index contributed by atoms with van der Waals surface area (Å²) in [6.07, 6.45) is 9.91. The Morgan fingerprint density at radius 3 is 2.24 bits per heavy atom. The second-order valence-corrected chi connectivity index (χ2v) is 7.17. The molecule has 122 valence electrons. The molecule has 2 fully saturated rings. The van der Waals surface area contributed by atoms with Gasteiger partial charge in [-0.15, -0.1) is 0 Å². The van der Waals surface area contributed by atoms with Crippen LogP contribution in [0.2, 0.25) is 0 Å². The standard InChI is InChI=1S/C17H32N2O2/c1-12(14-6-4-3-5-7-14)13(2)18-17(21)19-15-8-10-16(20)11-9-15/h12-16,20H,3-11H2,1-2H3,(H2,18,19,21). The Bertz CT molecular complexity index is 321. The molecule has 2 amide bonds. The lowest BCUT2D eigenvalue weighted by molar-refractivity contribution is 0.117. The number of hydrogen-bond donors (Lipinski definition) is 3. The third kappa shape index (κ3) is 5.17. The first kappa shape index (κ1) is 16.6. The van der Waals surface area contributed by atoms with Gasteiger partial charge in [0, 0.05) is 12.1 Å². The zero-order valence-electron chi connectivity index (χ0n) is 13.6. The van der Waals surface area contributed by atoms with Gasteiger partial charge in [-0.25, -0.2) is 4.79 Å². The van der Waals surface area contributed by atoms with Gasteiger partial charge in [0.15, 0.2) is 0 Å². The van der Waals surface area contributed by atoms with Crippen molar-refractivity contribution < 1.29 is 9.90 Å². The molecule has 3 N–H and O–H groups in total. The molecule has 2 unspecified atom stereocenters. The van der Waals surface area contributed by atoms with Crippen LogP contribution in [-0.2, 0) is 0 Å². The van der Waals surface area contributed by atoms with Crippen LogP contribution < -0.4 is 10.6 Å². The van der Waals surface area contributed by atoms with Crippen molar-refractivity contribution >= 4 is 6.03 Å². The molecule has 21 heavy (non-hydrogen) atoms. The van der Waals surface area contributed by atoms with Crippen LogP contribution in [0.4, 0.5) is 4.79 Å². The summed E-state index contributed by atoms with van der Waals surface area (Å²) >= 11 is 0. The molecule has 0 bridgehead atoms. The van der Waals surface area contributed by atoms with Gasteiger partial charge in [0.1, 0.15) is 0 Å². The average molecular weight is 296 g/mol. The number of aliphatic hydroxyl groups excluding tert-OH is 1. The van der Waals surface area contributed by atoms with Crippen LogP contribution >= 0.6 is 0 Å². The summed E-state index contributed by atoms with van der Waals surface area (Å²) in [5.41, 5.74) is 0. The number of amides is 2. The van der Waals surface area contributed by atoms with Gasteiger partial charge >= 0.3 is 6.03 Å². The van der Waals surface area contributed by atoms with Crippen molar-refractivity contribution in [2.75, 3.05) is 0 Å². The topological polar surface area (TPSA) is 61.4 Å². The van der Waals surface area contributed by atoms with Gasteiger partial charge in [-0.3, -0.25) is 0 Å². The summed E-state index contributed by atoms with van der Waals surface area (Å²) in [5, 5.41) is 15.7. The minimum atomic E-state index is -0.170. The highest BCUT2D eigenvalue weighted by atomic mass is 16.3. The number of nitrogens with one attached hydrogen (secondary N) is 2. The van der Waals surface area contributed by atoms with E-state index in [1.54, 1.807) is 0 Å². The van der Waals surface area contributed by atoms with Crippen molar-refractivity contribution in [2.45, 2.75) is 89.8 Å². The maximum absolute atomic E-state index is 12.1. The SMILES string of the molecule is CC(NC(=O)NC1CCC(O)CC1)C(C)C1CCCCC1. The highest BCUT2D eigenvalue weighted by molar-refractivity contribution is 5.74. The highest BCUT2D eigenvalue weighted by Gasteiger charge is 2.26. The molecule has 0 radical (unpaired) electrons. The van der Waals surface area contributed by atoms with Gasteiger partial charge < -0.3 is 15.7 Å². The first-order valence-corrected chi connectivity index (χ1v) is 8.81. The van der Waals surface area contributed by atoms with Crippen LogP contribution in [0, 0.1) is 11.8 Å². The molecular weight excluding hydrogens is 264 g/mol. The average Bonchev–Trinajstić information content (AvgIpc) is 2.49. The molecule has 2 aliphatic carbocycles. The molecule has 0 aliphatic heterocycles. The molecule has 4 heteroatoms. The molecule has 0 aromatic rings. The first-order chi connectivity index (χ1) is 10.1. The minimum absolute atomic E-state index is 0.0356. The normalized spacial score (nSPS) is 30.4. The fraction of sp³-hybridized carbons (Fsp3) is 0.941. The molecule has 0 saturated heterocycles. The Kier molecular flexibility index (Phi) is 6.34. The molecular formula is C17H32N2O2. The summed E-state index contributed by atoms with van der Waals surface area (Å²) in [5.74, 6) is 1.31. The number of carbonyl (C=O) groups is 1. The maximum atomic E-state index is 12.1. The lowest BCUT2D eigenvalue weighted by atomic mass is 9.78. The highest BCUT2D eigenvalue weighted by Crippen LogP contribution is 2.31. The van der Waals surface area contributed by atoms with Gasteiger partial charge in [0.05, 0.1) is 6.10 Å². The predicted octanol–water partition coefficient (Wildman–Crippen LogP) is 3.19. The molecule has 2 saturated carbocycles. The van der Waals surface area contributed by atoms with Crippen molar-refractivity contribution in [1.82, 2.24) is 10.6 Å². The number of aliphatic hydroxyl groups is 1. The predicted molar refractivity (Wildman–Crippen MR) is 85.1 cm³/mol. The molecule has 0 aromatic heterocycles. The van der Waals surface area contributed by atoms with E-state index in [0.717, 1.165) is 31.6 Å². The van der Waals surface area contributed by atoms with Crippen LogP contribution in [0.3, 0.4) is 0 Å². The van der Waals surface area contributed by atoms with E-state index in [4.69, 9.17) is 0 Å². The summed E-state index contributed by atoms with van der Waals surface area (Å²) in [4.78, 5) is 12.1. The fourth-order valence-electron chi connectivity index (χ4n) is 3.85. The lowest BCUT2D eigenvalue weighted by Crippen LogP contribution is -2.49. The summed E-state index contributed by atoms with van der Waals surface area (Å²) < 4.78 is 0. The van der Waals surface area contributed by atoms with Crippen LogP contribution in [-0.4, -0.2) is 29.3 Å². The van der Waals surface area contributed by atoms with E-state index in [0.29, 0.717) is 5.92 Å². The smallest absolute Gasteiger partial charge is 0.315 e. The fourth-order valence-corrected chi connectivity index (χ4v) is 3.85. The Hall–Kier alpha value is -0.770. The van der Waals surface area contributed by atoms with Gasteiger partial charge in [-0.1, -0.05) is 39.0 Å². The molecule has 2 rings (SSSR count). The molecule has 2 aliphatic rings. The van der Waals surface area contributed by atoms with Gasteiger partial charge in [0.25, 0.3) is 0 Å². The number of carbonyl (C=O) groups excluding carboxylic acids is 1. The van der Waals surface area contributed by atoms with Crippen LogP contribution in [0.5, 0.6) is 0 Å². The monoisotopic (exact) mass is 296 g/mol. The van der Waals surface area contributed by atoms with E-state index >= 15 is 0 Å². The van der Waals surface area contributed by atoms with Crippen molar-refractivity contribution in [3.63, 3.8) is 0 Å². The van der Waals surface area contributed by atoms with Gasteiger partial charge in [-0.05, 0) is 44.4 Å². The van der Waals surface area contributed by atoms with Crippen molar-refractivity contribution in [3.8, 4) is 0 Å². The molecule has 0 heterocycles. The van der Waals surface area contributed by atoms with E-state index in [1.165, 1.54) is 32.1 Å². The van der Waals surface area contributed by atoms with E-state index in [9.17, 15) is 9.90 Å². The van der Waals surface area contributed by atoms with Crippen LogP contribution in [0.25, 0.3) is 0 Å². The molecule has 0 spiro atoms. The van der Waals surface area contributed by atoms with Crippen LogP contribution in [0.1, 0.15) is 71.6 Å². The lowest BCUT2D eigenvalue weighted by Gasteiger charge is -2.33. The quantitative estimate of drug-likeness (QED) is 0.746. The van der Waals surface area contributed by atoms with E-state index in [2.05, 4.69) is 24.5 Å². The van der Waals surface area contributed by atoms with E-state index in [-0.39, 0.29) is 24.2 Å². The summed E-state index contributed by atoms with van der Waals surface area (Å²) in [7, 11) is 0. The number of rotatable bonds is 4. The summed E-state index contributed by atoms with van der Waals surface area (Å²) in [6, 6.07) is 0.416. The summed E-state index contributed by atoms with van der Waals surface area (Å²) in [6.45, 7) is 4.40. The van der Waals surface area contributed by atoms with E-state index in [1.807, 2.05) is 0 Å². The second-order valence-electron chi connectivity index (χ2n) is 7.17. The maximum Gasteiger partial charge on any atom is 0.315 e. The van der Waals surface area contributed by atoms with Gasteiger partial charge in [-0.2, -0.15) is 0 Å². The first-order valence-electron chi connectivity index (χ1n) is 8.81. The Morgan fingerprint density at radius 1 is 1.00 bits per heavy atom. The number of urea groups is 1. The van der Waals surface area contributed by atoms with Gasteiger partial charge in [0.2, 0.25) is 0 Å². The Morgan fingerprint density at radius 2 is 1.62 bits per heavy atom. The van der Waals surface area contributed by atoms with Crippen molar-refractivity contribution in [3.05, 3.63) is 0 Å². The Labute approximate surface area is 129 Å². The second kappa shape index (κ2) is 8.02. The van der Waals surface area contributed by atoms with E-state index < -0.39 is 0 Å². The zero-order valence-corrected chi connectivity index (χ0v) is 13.6. The minimum Gasteiger partial charge on any atom is -0.393 e. The largest absolute Gasteiger partial charge is 0.393 e. The number of hydrogen-bond acceptors (Lipinski definition) is 2. The Balaban J connectivity index is 1.70.